The summed E-state index contributed by atoms with van der Waals surface area (Å²) in [6, 6.07) is 19.1. The Morgan fingerprint density at radius 3 is 2.20 bits per heavy atom. The molecule has 3 aromatic rings. The Morgan fingerprint density at radius 2 is 1.60 bits per heavy atom. The molecule has 1 amide bonds. The van der Waals surface area contributed by atoms with Gasteiger partial charge in [-0.1, -0.05) is 72.4 Å². The van der Waals surface area contributed by atoms with Crippen LogP contribution in [0.4, 0.5) is 0 Å². The molecule has 1 atom stereocenters. The van der Waals surface area contributed by atoms with Gasteiger partial charge in [0.25, 0.3) is 0 Å². The Bertz CT molecular complexity index is 1140. The molecule has 1 N–H and O–H groups in total. The number of carbonyl (C=O) groups is 1. The summed E-state index contributed by atoms with van der Waals surface area (Å²) in [5, 5.41) is 11.7. The number of hydrogen-bond acceptors (Lipinski definition) is 7. The van der Waals surface area contributed by atoms with Gasteiger partial charge in [-0.25, -0.2) is 13.4 Å². The van der Waals surface area contributed by atoms with Gasteiger partial charge >= 0.3 is 0 Å². The largest absolute Gasteiger partial charge is 0.352 e. The molecular weight excluding hydrogens is 420 g/mol. The maximum Gasteiger partial charge on any atom is 0.230 e. The molecule has 154 valence electrons. The molecule has 0 aliphatic carbocycles. The van der Waals surface area contributed by atoms with E-state index in [2.05, 4.69) is 20.5 Å². The van der Waals surface area contributed by atoms with Crippen molar-refractivity contribution in [3.8, 4) is 22.5 Å². The molecule has 1 fully saturated rings. The average molecular weight is 441 g/mol. The van der Waals surface area contributed by atoms with Crippen LogP contribution in [-0.2, 0) is 14.6 Å². The van der Waals surface area contributed by atoms with Gasteiger partial charge in [0.2, 0.25) is 11.1 Å². The quantitative estimate of drug-likeness (QED) is 0.588. The summed E-state index contributed by atoms with van der Waals surface area (Å²) in [6.07, 6.45) is 0.459. The van der Waals surface area contributed by atoms with Crippen molar-refractivity contribution in [2.24, 2.45) is 0 Å². The smallest absolute Gasteiger partial charge is 0.230 e. The van der Waals surface area contributed by atoms with E-state index in [0.29, 0.717) is 23.0 Å². The molecule has 0 bridgehead atoms. The van der Waals surface area contributed by atoms with Crippen molar-refractivity contribution >= 4 is 27.5 Å². The van der Waals surface area contributed by atoms with Crippen LogP contribution in [0.15, 0.2) is 65.8 Å². The third kappa shape index (κ3) is 5.03. The van der Waals surface area contributed by atoms with Gasteiger partial charge in [-0.2, -0.15) is 0 Å². The summed E-state index contributed by atoms with van der Waals surface area (Å²) in [5.41, 5.74) is 3.19. The van der Waals surface area contributed by atoms with Crippen LogP contribution in [0.3, 0.4) is 0 Å². The predicted molar refractivity (Wildman–Crippen MR) is 117 cm³/mol. The SMILES string of the molecule is O=C(CSc1nnc(-c2ccccc2)c(-c2ccccc2)n1)N[C@@H]1CCS(=O)(=O)C1. The molecule has 1 aromatic heterocycles. The van der Waals surface area contributed by atoms with Crippen molar-refractivity contribution in [1.29, 1.82) is 0 Å². The van der Waals surface area contributed by atoms with Gasteiger partial charge in [-0.05, 0) is 6.42 Å². The zero-order chi connectivity index (χ0) is 21.0. The number of carbonyl (C=O) groups excluding carboxylic acids is 1. The van der Waals surface area contributed by atoms with Gasteiger partial charge in [0.15, 0.2) is 9.84 Å². The van der Waals surface area contributed by atoms with Crippen molar-refractivity contribution in [2.75, 3.05) is 17.3 Å². The average Bonchev–Trinajstić information content (AvgIpc) is 3.11. The number of thioether (sulfide) groups is 1. The second-order valence-corrected chi connectivity index (χ2v) is 10.2. The van der Waals surface area contributed by atoms with Crippen molar-refractivity contribution in [1.82, 2.24) is 20.5 Å². The van der Waals surface area contributed by atoms with E-state index >= 15 is 0 Å². The second kappa shape index (κ2) is 8.93. The van der Waals surface area contributed by atoms with Crippen LogP contribution in [0.1, 0.15) is 6.42 Å². The standard InChI is InChI=1S/C21H20N4O3S2/c26-18(22-17-11-12-30(27,28)14-17)13-29-21-23-19(15-7-3-1-4-8-15)20(24-25-21)16-9-5-2-6-10-16/h1-10,17H,11-14H2,(H,22,26)/t17-/m1/s1. The van der Waals surface area contributed by atoms with Crippen molar-refractivity contribution in [3.63, 3.8) is 0 Å². The molecule has 4 rings (SSSR count). The zero-order valence-electron chi connectivity index (χ0n) is 16.1. The number of nitrogens with one attached hydrogen (secondary N) is 1. The first-order valence-electron chi connectivity index (χ1n) is 9.48. The summed E-state index contributed by atoms with van der Waals surface area (Å²) in [6.45, 7) is 0. The summed E-state index contributed by atoms with van der Waals surface area (Å²) >= 11 is 1.18. The lowest BCUT2D eigenvalue weighted by molar-refractivity contribution is -0.119. The number of nitrogens with zero attached hydrogens (tertiary/aromatic N) is 3. The number of aromatic nitrogens is 3. The Balaban J connectivity index is 1.51. The van der Waals surface area contributed by atoms with E-state index in [1.54, 1.807) is 0 Å². The van der Waals surface area contributed by atoms with E-state index in [-0.39, 0.29) is 29.2 Å². The zero-order valence-corrected chi connectivity index (χ0v) is 17.7. The van der Waals surface area contributed by atoms with E-state index < -0.39 is 9.84 Å². The Kier molecular flexibility index (Phi) is 6.10. The monoisotopic (exact) mass is 440 g/mol. The summed E-state index contributed by atoms with van der Waals surface area (Å²) in [7, 11) is -3.03. The minimum absolute atomic E-state index is 0.00535. The first-order chi connectivity index (χ1) is 14.5. The normalized spacial score (nSPS) is 17.5. The van der Waals surface area contributed by atoms with Gasteiger partial charge in [0.1, 0.15) is 11.4 Å². The molecule has 0 saturated carbocycles. The third-order valence-corrected chi connectivity index (χ3v) is 7.30. The second-order valence-electron chi connectivity index (χ2n) is 6.98. The van der Waals surface area contributed by atoms with Crippen molar-refractivity contribution in [3.05, 3.63) is 60.7 Å². The van der Waals surface area contributed by atoms with Gasteiger partial charge in [0, 0.05) is 17.2 Å². The van der Waals surface area contributed by atoms with Crippen LogP contribution >= 0.6 is 11.8 Å². The third-order valence-electron chi connectivity index (χ3n) is 4.69. The van der Waals surface area contributed by atoms with Crippen LogP contribution in [0, 0.1) is 0 Å². The molecule has 30 heavy (non-hydrogen) atoms. The fourth-order valence-electron chi connectivity index (χ4n) is 3.27. The van der Waals surface area contributed by atoms with E-state index in [0.717, 1.165) is 11.1 Å². The van der Waals surface area contributed by atoms with Crippen LogP contribution in [0.5, 0.6) is 0 Å². The molecule has 7 nitrogen and oxygen atoms in total. The lowest BCUT2D eigenvalue weighted by atomic mass is 10.0. The van der Waals surface area contributed by atoms with Crippen LogP contribution in [-0.4, -0.2) is 52.8 Å². The Hall–Kier alpha value is -2.78. The minimum atomic E-state index is -3.03. The molecular formula is C21H20N4O3S2. The lowest BCUT2D eigenvalue weighted by Gasteiger charge is -2.11. The number of amides is 1. The van der Waals surface area contributed by atoms with Crippen molar-refractivity contribution in [2.45, 2.75) is 17.6 Å². The molecule has 9 heteroatoms. The molecule has 0 radical (unpaired) electrons. The first-order valence-corrected chi connectivity index (χ1v) is 12.3. The van der Waals surface area contributed by atoms with Crippen LogP contribution < -0.4 is 5.32 Å². The number of sulfone groups is 1. The fourth-order valence-corrected chi connectivity index (χ4v) is 5.54. The molecule has 1 aliphatic rings. The molecule has 1 saturated heterocycles. The lowest BCUT2D eigenvalue weighted by Crippen LogP contribution is -2.36. The van der Waals surface area contributed by atoms with E-state index in [1.807, 2.05) is 60.7 Å². The highest BCUT2D eigenvalue weighted by Gasteiger charge is 2.28. The first kappa shape index (κ1) is 20.5. The van der Waals surface area contributed by atoms with E-state index in [4.69, 9.17) is 0 Å². The van der Waals surface area contributed by atoms with E-state index in [9.17, 15) is 13.2 Å². The number of rotatable bonds is 6. The molecule has 1 aliphatic heterocycles. The maximum atomic E-state index is 12.2. The van der Waals surface area contributed by atoms with E-state index in [1.165, 1.54) is 11.8 Å². The topological polar surface area (TPSA) is 102 Å². The summed E-state index contributed by atoms with van der Waals surface area (Å²) in [4.78, 5) is 16.9. The number of hydrogen-bond donors (Lipinski definition) is 1. The Labute approximate surface area is 179 Å². The molecule has 2 aromatic carbocycles. The summed E-state index contributed by atoms with van der Waals surface area (Å²) in [5.74, 6) is -0.0127. The predicted octanol–water partition coefficient (Wildman–Crippen LogP) is 2.60. The van der Waals surface area contributed by atoms with Gasteiger partial charge in [-0.15, -0.1) is 10.2 Å². The van der Waals surface area contributed by atoms with Gasteiger partial charge in [0.05, 0.1) is 17.3 Å². The minimum Gasteiger partial charge on any atom is -0.352 e. The molecule has 0 spiro atoms. The highest BCUT2D eigenvalue weighted by atomic mass is 32.2. The molecule has 0 unspecified atom stereocenters. The molecule has 2 heterocycles. The summed E-state index contributed by atoms with van der Waals surface area (Å²) < 4.78 is 23.1. The highest BCUT2D eigenvalue weighted by Crippen LogP contribution is 2.29. The Morgan fingerprint density at radius 1 is 0.967 bits per heavy atom. The van der Waals surface area contributed by atoms with Gasteiger partial charge in [-0.3, -0.25) is 4.79 Å². The fraction of sp³-hybridized carbons (Fsp3) is 0.238. The van der Waals surface area contributed by atoms with Crippen LogP contribution in [0.25, 0.3) is 22.5 Å². The number of benzene rings is 2. The maximum absolute atomic E-state index is 12.2. The van der Waals surface area contributed by atoms with Crippen LogP contribution in [0.2, 0.25) is 0 Å². The van der Waals surface area contributed by atoms with Gasteiger partial charge < -0.3 is 5.32 Å². The van der Waals surface area contributed by atoms with Crippen molar-refractivity contribution < 1.29 is 13.2 Å². The highest BCUT2D eigenvalue weighted by molar-refractivity contribution is 7.99.